The Morgan fingerprint density at radius 2 is 0.833 bits per heavy atom. The number of aromatic nitrogens is 2. The summed E-state index contributed by atoms with van der Waals surface area (Å²) in [5.41, 5.74) is 7.57. The molecule has 3 aromatic carbocycles. The summed E-state index contributed by atoms with van der Waals surface area (Å²) in [5.74, 6) is 0. The van der Waals surface area contributed by atoms with Crippen LogP contribution in [0.2, 0.25) is 0 Å². The first-order valence-electron chi connectivity index (χ1n) is 10.9. The van der Waals surface area contributed by atoms with E-state index in [-0.39, 0.29) is 0 Å². The van der Waals surface area contributed by atoms with Crippen molar-refractivity contribution in [2.24, 2.45) is 0 Å². The van der Waals surface area contributed by atoms with Gasteiger partial charge in [-0.25, -0.2) is 18.6 Å². The van der Waals surface area contributed by atoms with E-state index < -0.39 is 10.2 Å². The topological polar surface area (TPSA) is 123 Å². The molecular weight excluding hydrogens is 480 g/mol. The predicted molar refractivity (Wildman–Crippen MR) is 123 cm³/mol. The maximum absolute atomic E-state index is 11.7. The quantitative estimate of drug-likeness (QED) is 0.267. The fourth-order valence-corrected chi connectivity index (χ4v) is 3.87. The van der Waals surface area contributed by atoms with E-state index in [4.69, 9.17) is 18.6 Å². The highest BCUT2D eigenvalue weighted by molar-refractivity contribution is 5.74. The van der Waals surface area contributed by atoms with Crippen LogP contribution in [0.15, 0.2) is 128 Å². The number of hydrogen-bond donors (Lipinski definition) is 0. The van der Waals surface area contributed by atoms with Crippen LogP contribution in [0.1, 0.15) is 0 Å². The maximum Gasteiger partial charge on any atom is 0.223 e. The Morgan fingerprint density at radius 3 is 1.22 bits per heavy atom. The first kappa shape index (κ1) is 25.0. The lowest BCUT2D eigenvalue weighted by atomic mass is 9.98. The minimum atomic E-state index is -4.94. The minimum absolute atomic E-state index is 0.812. The summed E-state index contributed by atoms with van der Waals surface area (Å²) >= 11 is 0. The SMILES string of the molecule is [O-][Cl+3]([O-])([O-])[O-].[O-][n+]1ccc(-[n+]2c(-c3ccccc3)cc(-c3ccccc3)cc2-c2ccccc2)cc1. The summed E-state index contributed by atoms with van der Waals surface area (Å²) in [6, 6.07) is 39.3. The van der Waals surface area contributed by atoms with Crippen molar-refractivity contribution in [1.82, 2.24) is 0 Å². The normalized spacial score (nSPS) is 10.9. The van der Waals surface area contributed by atoms with Crippen LogP contribution < -0.4 is 27.9 Å². The largest absolute Gasteiger partial charge is 0.619 e. The van der Waals surface area contributed by atoms with Crippen molar-refractivity contribution >= 4 is 0 Å². The summed E-state index contributed by atoms with van der Waals surface area (Å²) in [6.07, 6.45) is 3.08. The molecule has 0 aliphatic rings. The molecule has 36 heavy (non-hydrogen) atoms. The van der Waals surface area contributed by atoms with Crippen molar-refractivity contribution in [1.29, 1.82) is 0 Å². The van der Waals surface area contributed by atoms with E-state index in [1.54, 1.807) is 0 Å². The first-order valence-corrected chi connectivity index (χ1v) is 12.1. The number of benzene rings is 3. The average molecular weight is 501 g/mol. The number of halogens is 1. The Labute approximate surface area is 210 Å². The lowest BCUT2D eigenvalue weighted by Crippen LogP contribution is -2.68. The zero-order valence-corrected chi connectivity index (χ0v) is 19.7. The smallest absolute Gasteiger partial charge is 0.223 e. The van der Waals surface area contributed by atoms with E-state index in [1.165, 1.54) is 12.4 Å². The minimum Gasteiger partial charge on any atom is -0.619 e. The van der Waals surface area contributed by atoms with E-state index >= 15 is 0 Å². The van der Waals surface area contributed by atoms with Gasteiger partial charge in [0.05, 0.1) is 12.1 Å². The van der Waals surface area contributed by atoms with Crippen molar-refractivity contribution in [3.63, 3.8) is 0 Å². The van der Waals surface area contributed by atoms with Crippen molar-refractivity contribution < 1.29 is 38.2 Å². The van der Waals surface area contributed by atoms with Gasteiger partial charge in [-0.3, -0.25) is 0 Å². The van der Waals surface area contributed by atoms with E-state index in [0.29, 0.717) is 0 Å². The number of rotatable bonds is 4. The Kier molecular flexibility index (Phi) is 7.70. The van der Waals surface area contributed by atoms with Crippen LogP contribution in [0, 0.1) is 15.5 Å². The molecule has 0 bridgehead atoms. The van der Waals surface area contributed by atoms with E-state index in [1.807, 2.05) is 54.6 Å². The number of pyridine rings is 2. The van der Waals surface area contributed by atoms with Gasteiger partial charge in [-0.15, -0.1) is 10.2 Å². The fourth-order valence-electron chi connectivity index (χ4n) is 3.87. The van der Waals surface area contributed by atoms with E-state index in [2.05, 4.69) is 65.2 Å². The monoisotopic (exact) mass is 500 g/mol. The summed E-state index contributed by atoms with van der Waals surface area (Å²) in [4.78, 5) is 0. The second kappa shape index (κ2) is 11.1. The molecule has 7 nitrogen and oxygen atoms in total. The molecule has 0 radical (unpaired) electrons. The predicted octanol–water partition coefficient (Wildman–Crippen LogP) is 0.842. The second-order valence-electron chi connectivity index (χ2n) is 7.74. The maximum atomic E-state index is 11.7. The van der Waals surface area contributed by atoms with Gasteiger partial charge in [0.2, 0.25) is 17.1 Å². The molecule has 0 amide bonds. The molecule has 2 heterocycles. The van der Waals surface area contributed by atoms with Crippen LogP contribution in [-0.2, 0) is 0 Å². The zero-order chi connectivity index (χ0) is 25.5. The molecule has 0 atom stereocenters. The fraction of sp³-hybridized carbons (Fsp3) is 0. The van der Waals surface area contributed by atoms with Crippen LogP contribution in [0.25, 0.3) is 39.3 Å². The molecule has 0 spiro atoms. The summed E-state index contributed by atoms with van der Waals surface area (Å²) < 4.78 is 37.0. The third kappa shape index (κ3) is 6.51. The molecule has 5 aromatic rings. The van der Waals surface area contributed by atoms with Crippen LogP contribution in [0.5, 0.6) is 0 Å². The molecule has 0 unspecified atom stereocenters. The summed E-state index contributed by atoms with van der Waals surface area (Å²) in [6.45, 7) is 0. The first-order chi connectivity index (χ1) is 17.3. The number of hydrogen-bond acceptors (Lipinski definition) is 5. The Balaban J connectivity index is 0.000000556. The van der Waals surface area contributed by atoms with Gasteiger partial charge in [0, 0.05) is 23.3 Å². The zero-order valence-electron chi connectivity index (χ0n) is 18.9. The van der Waals surface area contributed by atoms with E-state index in [9.17, 15) is 5.21 Å². The van der Waals surface area contributed by atoms with Crippen LogP contribution >= 0.6 is 0 Å². The summed E-state index contributed by atoms with van der Waals surface area (Å²) in [5, 5.41) is 11.7. The van der Waals surface area contributed by atoms with Gasteiger partial charge in [0.25, 0.3) is 0 Å². The van der Waals surface area contributed by atoms with Crippen molar-refractivity contribution in [2.75, 3.05) is 0 Å². The van der Waals surface area contributed by atoms with Gasteiger partial charge in [0.1, 0.15) is 0 Å². The van der Waals surface area contributed by atoms with Gasteiger partial charge in [-0.05, 0) is 35.4 Å². The molecule has 5 rings (SSSR count). The third-order valence-electron chi connectivity index (χ3n) is 5.36. The lowest BCUT2D eigenvalue weighted by Gasteiger charge is -2.17. The van der Waals surface area contributed by atoms with Gasteiger partial charge in [0.15, 0.2) is 12.4 Å². The lowest BCUT2D eigenvalue weighted by molar-refractivity contribution is -2.00. The highest BCUT2D eigenvalue weighted by atomic mass is 35.7. The van der Waals surface area contributed by atoms with Gasteiger partial charge < -0.3 is 5.21 Å². The standard InChI is InChI=1S/C28H21N2O.ClHO4/c31-29-18-16-26(17-19-29)30-27(23-12-6-2-7-13-23)20-25(22-10-4-1-5-11-22)21-28(30)24-14-8-3-9-15-24;2-1(3,4)5/h1-21H;(H,2,3,4,5)/q+1;/p-1. The third-order valence-corrected chi connectivity index (χ3v) is 5.36. The van der Waals surface area contributed by atoms with Gasteiger partial charge >= 0.3 is 0 Å². The molecule has 0 aliphatic heterocycles. The van der Waals surface area contributed by atoms with Crippen molar-refractivity contribution in [2.45, 2.75) is 0 Å². The molecule has 2 aromatic heterocycles. The Bertz CT molecular complexity index is 1340. The highest BCUT2D eigenvalue weighted by Crippen LogP contribution is 2.30. The average Bonchev–Trinajstić information content (AvgIpc) is 2.89. The number of nitrogens with zero attached hydrogens (tertiary/aromatic N) is 2. The Hall–Kier alpha value is -4.11. The van der Waals surface area contributed by atoms with Crippen molar-refractivity contribution in [3.8, 4) is 39.3 Å². The highest BCUT2D eigenvalue weighted by Gasteiger charge is 2.25. The van der Waals surface area contributed by atoms with Crippen molar-refractivity contribution in [3.05, 3.63) is 133 Å². The molecule has 0 N–H and O–H groups in total. The molecular formula is C28H21ClN2O5. The Morgan fingerprint density at radius 1 is 0.472 bits per heavy atom. The van der Waals surface area contributed by atoms with Gasteiger partial charge in [-0.2, -0.15) is 9.30 Å². The van der Waals surface area contributed by atoms with Crippen LogP contribution in [0.4, 0.5) is 0 Å². The second-order valence-corrected chi connectivity index (χ2v) is 8.50. The molecule has 8 heteroatoms. The molecule has 0 saturated heterocycles. The molecule has 180 valence electrons. The van der Waals surface area contributed by atoms with Crippen LogP contribution in [0.3, 0.4) is 0 Å². The molecule has 0 fully saturated rings. The van der Waals surface area contributed by atoms with Crippen LogP contribution in [-0.4, -0.2) is 0 Å². The van der Waals surface area contributed by atoms with E-state index in [0.717, 1.165) is 44.1 Å². The molecule has 0 aliphatic carbocycles. The molecule has 0 saturated carbocycles. The van der Waals surface area contributed by atoms with Gasteiger partial charge in [-0.1, -0.05) is 66.7 Å². The summed E-state index contributed by atoms with van der Waals surface area (Å²) in [7, 11) is -4.94.